The van der Waals surface area contributed by atoms with Gasteiger partial charge in [-0.1, -0.05) is 13.8 Å². The van der Waals surface area contributed by atoms with Crippen molar-refractivity contribution in [2.75, 3.05) is 18.5 Å². The number of carbonyl (C=O) groups excluding carboxylic acids is 2. The number of rotatable bonds is 7. The van der Waals surface area contributed by atoms with E-state index in [9.17, 15) is 9.59 Å². The first-order chi connectivity index (χ1) is 13.5. The summed E-state index contributed by atoms with van der Waals surface area (Å²) in [5.74, 6) is 0.735. The van der Waals surface area contributed by atoms with Gasteiger partial charge in [0.25, 0.3) is 5.91 Å². The largest absolute Gasteiger partial charge is 0.494 e. The lowest BCUT2D eigenvalue weighted by Gasteiger charge is -2.18. The number of benzene rings is 1. The van der Waals surface area contributed by atoms with Gasteiger partial charge in [-0.15, -0.1) is 11.3 Å². The number of hydrogen-bond acceptors (Lipinski definition) is 5. The Bertz CT molecular complexity index is 841. The van der Waals surface area contributed by atoms with Gasteiger partial charge in [0.2, 0.25) is 0 Å². The molecule has 150 valence electrons. The smallest absolute Gasteiger partial charge is 0.341 e. The molecule has 1 aromatic carbocycles. The van der Waals surface area contributed by atoms with E-state index in [0.717, 1.165) is 37.0 Å². The molecule has 0 spiro atoms. The number of carbonyl (C=O) groups is 2. The van der Waals surface area contributed by atoms with Crippen LogP contribution in [0.4, 0.5) is 5.00 Å². The maximum atomic E-state index is 12.8. The van der Waals surface area contributed by atoms with Crippen molar-refractivity contribution in [2.45, 2.75) is 46.5 Å². The summed E-state index contributed by atoms with van der Waals surface area (Å²) < 4.78 is 10.8. The second-order valence-corrected chi connectivity index (χ2v) is 8.21. The molecule has 1 atom stereocenters. The molecule has 1 aromatic heterocycles. The molecule has 6 heteroatoms. The van der Waals surface area contributed by atoms with Crippen LogP contribution in [0.5, 0.6) is 5.75 Å². The Hall–Kier alpha value is -2.34. The zero-order valence-corrected chi connectivity index (χ0v) is 17.5. The number of amides is 1. The van der Waals surface area contributed by atoms with Crippen LogP contribution in [-0.2, 0) is 17.6 Å². The van der Waals surface area contributed by atoms with Crippen LogP contribution in [0.15, 0.2) is 24.3 Å². The van der Waals surface area contributed by atoms with Gasteiger partial charge in [0.1, 0.15) is 10.8 Å². The molecule has 1 aliphatic carbocycles. The summed E-state index contributed by atoms with van der Waals surface area (Å²) in [6.45, 7) is 7.06. The average Bonchev–Trinajstić information content (AvgIpc) is 3.03. The van der Waals surface area contributed by atoms with Crippen LogP contribution in [0.25, 0.3) is 0 Å². The molecule has 0 saturated heterocycles. The predicted molar refractivity (Wildman–Crippen MR) is 112 cm³/mol. The highest BCUT2D eigenvalue weighted by molar-refractivity contribution is 7.17. The minimum Gasteiger partial charge on any atom is -0.494 e. The van der Waals surface area contributed by atoms with E-state index in [2.05, 4.69) is 12.2 Å². The van der Waals surface area contributed by atoms with Crippen molar-refractivity contribution in [3.8, 4) is 5.75 Å². The first kappa shape index (κ1) is 20.4. The molecule has 0 saturated carbocycles. The molecule has 0 aliphatic heterocycles. The van der Waals surface area contributed by atoms with E-state index in [1.54, 1.807) is 24.3 Å². The third-order valence-corrected chi connectivity index (χ3v) is 5.98. The fourth-order valence-electron chi connectivity index (χ4n) is 3.37. The molecule has 1 aliphatic rings. The van der Waals surface area contributed by atoms with E-state index in [4.69, 9.17) is 9.47 Å². The highest BCUT2D eigenvalue weighted by Crippen LogP contribution is 2.40. The number of thiophene rings is 1. The Kier molecular flexibility index (Phi) is 6.73. The highest BCUT2D eigenvalue weighted by Gasteiger charge is 2.29. The van der Waals surface area contributed by atoms with Crippen LogP contribution in [0.3, 0.4) is 0 Å². The molecule has 0 unspecified atom stereocenters. The van der Waals surface area contributed by atoms with Gasteiger partial charge < -0.3 is 14.8 Å². The minimum absolute atomic E-state index is 0.237. The van der Waals surface area contributed by atoms with E-state index in [0.29, 0.717) is 35.3 Å². The number of ether oxygens (including phenoxy) is 2. The molecule has 0 bridgehead atoms. The topological polar surface area (TPSA) is 64.6 Å². The van der Waals surface area contributed by atoms with Gasteiger partial charge in [-0.3, -0.25) is 4.79 Å². The molecule has 0 fully saturated rings. The van der Waals surface area contributed by atoms with Crippen molar-refractivity contribution in [2.24, 2.45) is 5.92 Å². The van der Waals surface area contributed by atoms with Crippen molar-refractivity contribution >= 4 is 28.2 Å². The second-order valence-electron chi connectivity index (χ2n) is 7.10. The standard InChI is InChI=1S/C22H27NO4S/c1-4-12-27-22(25)19-17-11-6-14(3)13-18(17)28-21(19)23-20(24)15-7-9-16(10-8-15)26-5-2/h7-10,14H,4-6,11-13H2,1-3H3,(H,23,24)/t14-/m0/s1. The molecule has 2 aromatic rings. The Morgan fingerprint density at radius 3 is 2.64 bits per heavy atom. The van der Waals surface area contributed by atoms with E-state index in [1.807, 2.05) is 13.8 Å². The minimum atomic E-state index is -0.337. The van der Waals surface area contributed by atoms with Crippen LogP contribution >= 0.6 is 11.3 Å². The molecule has 0 radical (unpaired) electrons. The third-order valence-electron chi connectivity index (χ3n) is 4.81. The van der Waals surface area contributed by atoms with Crippen molar-refractivity contribution < 1.29 is 19.1 Å². The van der Waals surface area contributed by atoms with E-state index in [1.165, 1.54) is 16.2 Å². The Morgan fingerprint density at radius 1 is 1.21 bits per heavy atom. The zero-order chi connectivity index (χ0) is 20.1. The summed E-state index contributed by atoms with van der Waals surface area (Å²) in [4.78, 5) is 26.6. The van der Waals surface area contributed by atoms with Gasteiger partial charge >= 0.3 is 5.97 Å². The maximum absolute atomic E-state index is 12.8. The van der Waals surface area contributed by atoms with Crippen molar-refractivity contribution in [3.05, 3.63) is 45.8 Å². The Labute approximate surface area is 170 Å². The van der Waals surface area contributed by atoms with E-state index in [-0.39, 0.29) is 11.9 Å². The van der Waals surface area contributed by atoms with Crippen molar-refractivity contribution in [3.63, 3.8) is 0 Å². The highest BCUT2D eigenvalue weighted by atomic mass is 32.1. The number of fused-ring (bicyclic) bond motifs is 1. The summed E-state index contributed by atoms with van der Waals surface area (Å²) in [6.07, 6.45) is 3.60. The molecular formula is C22H27NO4S. The van der Waals surface area contributed by atoms with Gasteiger partial charge in [-0.05, 0) is 68.4 Å². The summed E-state index contributed by atoms with van der Waals surface area (Å²) in [5, 5.41) is 3.54. The first-order valence-corrected chi connectivity index (χ1v) is 10.7. The second kappa shape index (κ2) is 9.24. The SMILES string of the molecule is CCCOC(=O)c1c(NC(=O)c2ccc(OCC)cc2)sc2c1CC[C@H](C)C2. The lowest BCUT2D eigenvalue weighted by molar-refractivity contribution is 0.0505. The van der Waals surface area contributed by atoms with Gasteiger partial charge in [-0.25, -0.2) is 4.79 Å². The molecule has 1 heterocycles. The predicted octanol–water partition coefficient (Wildman–Crippen LogP) is 5.09. The van der Waals surface area contributed by atoms with Crippen LogP contribution in [0.2, 0.25) is 0 Å². The average molecular weight is 402 g/mol. The molecule has 3 rings (SSSR count). The van der Waals surface area contributed by atoms with E-state index < -0.39 is 0 Å². The quantitative estimate of drug-likeness (QED) is 0.656. The molecule has 28 heavy (non-hydrogen) atoms. The Morgan fingerprint density at radius 2 is 1.96 bits per heavy atom. The number of hydrogen-bond donors (Lipinski definition) is 1. The lowest BCUT2D eigenvalue weighted by atomic mass is 9.88. The van der Waals surface area contributed by atoms with Crippen LogP contribution in [0, 0.1) is 5.92 Å². The van der Waals surface area contributed by atoms with Crippen LogP contribution in [-0.4, -0.2) is 25.1 Å². The van der Waals surface area contributed by atoms with Crippen LogP contribution in [0.1, 0.15) is 64.8 Å². The van der Waals surface area contributed by atoms with Gasteiger partial charge in [0.05, 0.1) is 18.8 Å². The molecule has 1 amide bonds. The van der Waals surface area contributed by atoms with Crippen molar-refractivity contribution in [1.29, 1.82) is 0 Å². The number of nitrogens with one attached hydrogen (secondary N) is 1. The summed E-state index contributed by atoms with van der Waals surface area (Å²) in [7, 11) is 0. The monoisotopic (exact) mass is 401 g/mol. The van der Waals surface area contributed by atoms with Gasteiger partial charge in [-0.2, -0.15) is 0 Å². The molecule has 1 N–H and O–H groups in total. The third kappa shape index (κ3) is 4.55. The first-order valence-electron chi connectivity index (χ1n) is 9.89. The fraction of sp³-hybridized carbons (Fsp3) is 0.455. The maximum Gasteiger partial charge on any atom is 0.341 e. The van der Waals surface area contributed by atoms with Gasteiger partial charge in [0.15, 0.2) is 0 Å². The van der Waals surface area contributed by atoms with E-state index >= 15 is 0 Å². The molecular weight excluding hydrogens is 374 g/mol. The summed E-state index contributed by atoms with van der Waals surface area (Å²) in [5.41, 5.74) is 2.11. The summed E-state index contributed by atoms with van der Waals surface area (Å²) >= 11 is 1.50. The zero-order valence-electron chi connectivity index (χ0n) is 16.7. The van der Waals surface area contributed by atoms with Crippen LogP contribution < -0.4 is 10.1 Å². The Balaban J connectivity index is 1.85. The fourth-order valence-corrected chi connectivity index (χ4v) is 4.76. The number of anilines is 1. The lowest BCUT2D eigenvalue weighted by Crippen LogP contribution is -2.17. The van der Waals surface area contributed by atoms with Gasteiger partial charge in [0, 0.05) is 10.4 Å². The van der Waals surface area contributed by atoms with Crippen molar-refractivity contribution in [1.82, 2.24) is 0 Å². The summed E-state index contributed by atoms with van der Waals surface area (Å²) in [6, 6.07) is 7.00. The normalized spacial score (nSPS) is 15.6. The molecule has 5 nitrogen and oxygen atoms in total. The number of esters is 1.